The maximum absolute atomic E-state index is 12.4. The van der Waals surface area contributed by atoms with E-state index in [1.54, 1.807) is 43.6 Å². The van der Waals surface area contributed by atoms with Gasteiger partial charge >= 0.3 is 0 Å². The van der Waals surface area contributed by atoms with E-state index in [2.05, 4.69) is 15.3 Å². The van der Waals surface area contributed by atoms with Crippen LogP contribution >= 0.6 is 0 Å². The number of hydrogen-bond acceptors (Lipinski definition) is 5. The fourth-order valence-corrected chi connectivity index (χ4v) is 3.15. The minimum Gasteiger partial charge on any atom is -0.487 e. The zero-order valence-corrected chi connectivity index (χ0v) is 16.8. The smallest absolute Gasteiger partial charge is 0.251 e. The average molecular weight is 402 g/mol. The molecule has 3 aromatic heterocycles. The van der Waals surface area contributed by atoms with Crippen LogP contribution in [0.4, 0.5) is 0 Å². The Labute approximate surface area is 174 Å². The first-order valence-electron chi connectivity index (χ1n) is 9.56. The van der Waals surface area contributed by atoms with Gasteiger partial charge < -0.3 is 19.2 Å². The highest BCUT2D eigenvalue weighted by Crippen LogP contribution is 2.17. The number of fused-ring (bicyclic) bond motifs is 1. The molecule has 0 aliphatic heterocycles. The molecular weight excluding hydrogens is 380 g/mol. The van der Waals surface area contributed by atoms with Crippen LogP contribution in [-0.4, -0.2) is 27.4 Å². The molecule has 1 N–H and O–H groups in total. The molecule has 0 fully saturated rings. The van der Waals surface area contributed by atoms with Crippen molar-refractivity contribution in [2.24, 2.45) is 0 Å². The number of amides is 1. The van der Waals surface area contributed by atoms with Gasteiger partial charge in [0.05, 0.1) is 12.8 Å². The van der Waals surface area contributed by atoms with Gasteiger partial charge in [-0.3, -0.25) is 4.79 Å². The van der Waals surface area contributed by atoms with Crippen molar-refractivity contribution in [3.05, 3.63) is 89.5 Å². The summed E-state index contributed by atoms with van der Waals surface area (Å²) in [7, 11) is 1.56. The standard InChI is InChI=1S/C23H22N4O3/c1-16-5-4-12-27-14-19(26-21(16)27)15-30-20-9-7-17(8-10-20)22(28)25-13-18-6-3-11-24-23(18)29-2/h3-12,14H,13,15H2,1-2H3,(H,25,28). The molecule has 0 saturated carbocycles. The molecule has 0 spiro atoms. The fourth-order valence-electron chi connectivity index (χ4n) is 3.15. The van der Waals surface area contributed by atoms with Crippen LogP contribution in [0.2, 0.25) is 0 Å². The van der Waals surface area contributed by atoms with Gasteiger partial charge in [-0.15, -0.1) is 0 Å². The van der Waals surface area contributed by atoms with Crippen LogP contribution in [0, 0.1) is 6.92 Å². The second kappa shape index (κ2) is 8.65. The summed E-state index contributed by atoms with van der Waals surface area (Å²) in [5, 5.41) is 2.87. The van der Waals surface area contributed by atoms with Gasteiger partial charge in [0.1, 0.15) is 18.0 Å². The summed E-state index contributed by atoms with van der Waals surface area (Å²) in [6.45, 7) is 2.72. The van der Waals surface area contributed by atoms with Crippen molar-refractivity contribution in [2.45, 2.75) is 20.1 Å². The summed E-state index contributed by atoms with van der Waals surface area (Å²) < 4.78 is 13.0. The van der Waals surface area contributed by atoms with Crippen molar-refractivity contribution < 1.29 is 14.3 Å². The van der Waals surface area contributed by atoms with Crippen molar-refractivity contribution in [1.82, 2.24) is 19.7 Å². The largest absolute Gasteiger partial charge is 0.487 e. The zero-order valence-electron chi connectivity index (χ0n) is 16.8. The van der Waals surface area contributed by atoms with E-state index < -0.39 is 0 Å². The number of nitrogens with zero attached hydrogens (tertiary/aromatic N) is 3. The number of imidazole rings is 1. The number of methoxy groups -OCH3 is 1. The van der Waals surface area contributed by atoms with Crippen molar-refractivity contribution in [3.8, 4) is 11.6 Å². The number of hydrogen-bond donors (Lipinski definition) is 1. The molecule has 0 unspecified atom stereocenters. The van der Waals surface area contributed by atoms with Crippen molar-refractivity contribution in [2.75, 3.05) is 7.11 Å². The summed E-state index contributed by atoms with van der Waals surface area (Å²) in [6.07, 6.45) is 5.57. The summed E-state index contributed by atoms with van der Waals surface area (Å²) in [4.78, 5) is 21.1. The molecular formula is C23H22N4O3. The quantitative estimate of drug-likeness (QED) is 0.511. The Morgan fingerprint density at radius 3 is 2.73 bits per heavy atom. The molecule has 0 radical (unpaired) electrons. The maximum atomic E-state index is 12.4. The minimum atomic E-state index is -0.178. The van der Waals surface area contributed by atoms with Gasteiger partial charge in [-0.1, -0.05) is 12.1 Å². The van der Waals surface area contributed by atoms with E-state index in [9.17, 15) is 4.79 Å². The SMILES string of the molecule is COc1ncccc1CNC(=O)c1ccc(OCc2cn3cccc(C)c3n2)cc1. The molecule has 7 heteroatoms. The first kappa shape index (κ1) is 19.4. The second-order valence-corrected chi connectivity index (χ2v) is 6.82. The summed E-state index contributed by atoms with van der Waals surface area (Å²) in [5.41, 5.74) is 4.25. The lowest BCUT2D eigenvalue weighted by Gasteiger charge is -2.09. The molecule has 3 heterocycles. The molecule has 0 aliphatic carbocycles. The highest BCUT2D eigenvalue weighted by atomic mass is 16.5. The maximum Gasteiger partial charge on any atom is 0.251 e. The van der Waals surface area contributed by atoms with Crippen LogP contribution in [0.5, 0.6) is 11.6 Å². The lowest BCUT2D eigenvalue weighted by Crippen LogP contribution is -2.23. The van der Waals surface area contributed by atoms with Crippen molar-refractivity contribution >= 4 is 11.6 Å². The summed E-state index contributed by atoms with van der Waals surface area (Å²) >= 11 is 0. The van der Waals surface area contributed by atoms with Gasteiger partial charge in [0, 0.05) is 36.3 Å². The number of rotatable bonds is 7. The molecule has 4 aromatic rings. The van der Waals surface area contributed by atoms with E-state index in [-0.39, 0.29) is 5.91 Å². The molecule has 0 atom stereocenters. The number of benzene rings is 1. The molecule has 0 saturated heterocycles. The molecule has 0 aliphatic rings. The van der Waals surface area contributed by atoms with Crippen LogP contribution in [-0.2, 0) is 13.2 Å². The molecule has 152 valence electrons. The third-order valence-corrected chi connectivity index (χ3v) is 4.71. The van der Waals surface area contributed by atoms with Crippen molar-refractivity contribution in [1.29, 1.82) is 0 Å². The lowest BCUT2D eigenvalue weighted by molar-refractivity contribution is 0.0950. The fraction of sp³-hybridized carbons (Fsp3) is 0.174. The molecule has 0 bridgehead atoms. The van der Waals surface area contributed by atoms with E-state index in [1.807, 2.05) is 41.9 Å². The Morgan fingerprint density at radius 1 is 1.13 bits per heavy atom. The van der Waals surface area contributed by atoms with Crippen LogP contribution in [0.3, 0.4) is 0 Å². The normalized spacial score (nSPS) is 10.7. The highest BCUT2D eigenvalue weighted by Gasteiger charge is 2.09. The van der Waals surface area contributed by atoms with Crippen LogP contribution in [0.1, 0.15) is 27.2 Å². The number of carbonyl (C=O) groups is 1. The van der Waals surface area contributed by atoms with E-state index >= 15 is 0 Å². The number of pyridine rings is 2. The molecule has 7 nitrogen and oxygen atoms in total. The van der Waals surface area contributed by atoms with E-state index in [0.717, 1.165) is 22.5 Å². The van der Waals surface area contributed by atoms with Crippen LogP contribution in [0.25, 0.3) is 5.65 Å². The van der Waals surface area contributed by atoms with E-state index in [4.69, 9.17) is 9.47 Å². The first-order chi connectivity index (χ1) is 14.6. The Hall–Kier alpha value is -3.87. The zero-order chi connectivity index (χ0) is 20.9. The van der Waals surface area contributed by atoms with Crippen LogP contribution in [0.15, 0.2) is 67.1 Å². The predicted molar refractivity (Wildman–Crippen MR) is 113 cm³/mol. The number of carbonyl (C=O) groups excluding carboxylic acids is 1. The Morgan fingerprint density at radius 2 is 1.97 bits per heavy atom. The monoisotopic (exact) mass is 402 g/mol. The van der Waals surface area contributed by atoms with Gasteiger partial charge in [0.15, 0.2) is 0 Å². The Balaban J connectivity index is 1.35. The predicted octanol–water partition coefficient (Wildman–Crippen LogP) is 3.56. The second-order valence-electron chi connectivity index (χ2n) is 6.82. The molecule has 1 amide bonds. The highest BCUT2D eigenvalue weighted by molar-refractivity contribution is 5.94. The Kier molecular flexibility index (Phi) is 5.61. The number of aromatic nitrogens is 3. The molecule has 30 heavy (non-hydrogen) atoms. The van der Waals surface area contributed by atoms with E-state index in [1.165, 1.54) is 0 Å². The van der Waals surface area contributed by atoms with Gasteiger partial charge in [0.25, 0.3) is 5.91 Å². The van der Waals surface area contributed by atoms with Crippen LogP contribution < -0.4 is 14.8 Å². The minimum absolute atomic E-state index is 0.178. The summed E-state index contributed by atoms with van der Waals surface area (Å²) in [6, 6.07) is 14.7. The molecule has 4 rings (SSSR count). The van der Waals surface area contributed by atoms with Gasteiger partial charge in [-0.25, -0.2) is 9.97 Å². The topological polar surface area (TPSA) is 77.8 Å². The van der Waals surface area contributed by atoms with Crippen molar-refractivity contribution in [3.63, 3.8) is 0 Å². The van der Waals surface area contributed by atoms with Gasteiger partial charge in [0.2, 0.25) is 5.88 Å². The third-order valence-electron chi connectivity index (χ3n) is 4.71. The van der Waals surface area contributed by atoms with Gasteiger partial charge in [-0.05, 0) is 48.9 Å². The Bertz CT molecular complexity index is 1170. The van der Waals surface area contributed by atoms with Gasteiger partial charge in [-0.2, -0.15) is 0 Å². The summed E-state index contributed by atoms with van der Waals surface area (Å²) in [5.74, 6) is 1.00. The average Bonchev–Trinajstić information content (AvgIpc) is 3.21. The number of nitrogens with one attached hydrogen (secondary N) is 1. The van der Waals surface area contributed by atoms with E-state index in [0.29, 0.717) is 30.3 Å². The third kappa shape index (κ3) is 4.25. The first-order valence-corrected chi connectivity index (χ1v) is 9.56. The number of aryl methyl sites for hydroxylation is 1. The molecule has 1 aromatic carbocycles. The lowest BCUT2D eigenvalue weighted by atomic mass is 10.2. The number of ether oxygens (including phenoxy) is 2.